The van der Waals surface area contributed by atoms with Gasteiger partial charge in [0, 0.05) is 50.6 Å². The number of nitrogens with zero attached hydrogens (tertiary/aromatic N) is 4. The first-order valence-electron chi connectivity index (χ1n) is 11.0. The van der Waals surface area contributed by atoms with Crippen molar-refractivity contribution >= 4 is 26.7 Å². The van der Waals surface area contributed by atoms with Gasteiger partial charge in [-0.15, -0.1) is 0 Å². The van der Waals surface area contributed by atoms with Crippen molar-refractivity contribution in [3.8, 4) is 6.07 Å². The van der Waals surface area contributed by atoms with E-state index in [-0.39, 0.29) is 36.2 Å². The molecule has 9 heteroatoms. The Hall–Kier alpha value is -2.15. The van der Waals surface area contributed by atoms with Crippen LogP contribution in [0.1, 0.15) is 38.2 Å². The number of sulfonamides is 1. The zero-order valence-corrected chi connectivity index (χ0v) is 19.0. The van der Waals surface area contributed by atoms with Gasteiger partial charge in [-0.25, -0.2) is 17.7 Å². The molecule has 0 amide bonds. The van der Waals surface area contributed by atoms with Crippen LogP contribution in [0.4, 0.5) is 5.69 Å². The summed E-state index contributed by atoms with van der Waals surface area (Å²) >= 11 is 0. The molecule has 1 saturated heterocycles. The summed E-state index contributed by atoms with van der Waals surface area (Å²) in [7, 11) is -1.29. The molecule has 2 aromatic rings. The molecular weight excluding hydrogens is 414 g/mol. The monoisotopic (exact) mass is 445 g/mol. The first-order valence-corrected chi connectivity index (χ1v) is 12.6. The number of aliphatic hydroxyl groups excluding tert-OH is 1. The van der Waals surface area contributed by atoms with Crippen molar-refractivity contribution in [3.05, 3.63) is 24.0 Å². The number of fused-ring (bicyclic) bond motifs is 1. The number of rotatable bonds is 6. The number of pyridine rings is 1. The van der Waals surface area contributed by atoms with Crippen molar-refractivity contribution in [3.63, 3.8) is 0 Å². The predicted molar refractivity (Wildman–Crippen MR) is 120 cm³/mol. The quantitative estimate of drug-likeness (QED) is 0.705. The molecule has 1 saturated carbocycles. The summed E-state index contributed by atoms with van der Waals surface area (Å²) < 4.78 is 27.4. The second-order valence-electron chi connectivity index (χ2n) is 9.17. The molecule has 2 aliphatic rings. The molecule has 3 heterocycles. The van der Waals surface area contributed by atoms with Gasteiger partial charge in [-0.2, -0.15) is 5.26 Å². The number of H-pyrrole nitrogens is 1. The molecule has 0 aromatic carbocycles. The van der Waals surface area contributed by atoms with Crippen molar-refractivity contribution < 1.29 is 13.5 Å². The van der Waals surface area contributed by atoms with Crippen molar-refractivity contribution in [1.29, 1.82) is 5.26 Å². The molecular formula is C22H31N5O3S. The Morgan fingerprint density at radius 3 is 2.71 bits per heavy atom. The molecule has 2 atom stereocenters. The summed E-state index contributed by atoms with van der Waals surface area (Å²) in [5, 5.41) is 20.0. The number of nitrogens with one attached hydrogen (secondary N) is 1. The van der Waals surface area contributed by atoms with Crippen molar-refractivity contribution in [2.75, 3.05) is 37.4 Å². The summed E-state index contributed by atoms with van der Waals surface area (Å²) in [6.45, 7) is 2.99. The van der Waals surface area contributed by atoms with Gasteiger partial charge in [0.2, 0.25) is 10.0 Å². The number of aromatic nitrogens is 2. The van der Waals surface area contributed by atoms with Gasteiger partial charge in [0.1, 0.15) is 11.7 Å². The van der Waals surface area contributed by atoms with Gasteiger partial charge in [0.25, 0.3) is 0 Å². The summed E-state index contributed by atoms with van der Waals surface area (Å²) in [5.41, 5.74) is 2.22. The molecule has 0 unspecified atom stereocenters. The Bertz CT molecular complexity index is 1070. The second kappa shape index (κ2) is 8.77. The normalized spacial score (nSPS) is 27.4. The molecule has 4 rings (SSSR count). The SMILES string of the molecule is C[C@@H]1CN(S(=O)(=O)C[C@H]2CC[C@H](N(C)c3c(C#N)cnc4[nH]ccc34)CC2)C[C@H]1CO. The van der Waals surface area contributed by atoms with Gasteiger partial charge in [-0.05, 0) is 49.5 Å². The molecule has 31 heavy (non-hydrogen) atoms. The average molecular weight is 446 g/mol. The molecule has 0 radical (unpaired) electrons. The van der Waals surface area contributed by atoms with Crippen molar-refractivity contribution in [1.82, 2.24) is 14.3 Å². The van der Waals surface area contributed by atoms with E-state index in [1.54, 1.807) is 10.5 Å². The lowest BCUT2D eigenvalue weighted by molar-refractivity contribution is 0.210. The van der Waals surface area contributed by atoms with Gasteiger partial charge >= 0.3 is 0 Å². The van der Waals surface area contributed by atoms with Gasteiger partial charge in [0.15, 0.2) is 0 Å². The Morgan fingerprint density at radius 2 is 2.06 bits per heavy atom. The Morgan fingerprint density at radius 1 is 1.32 bits per heavy atom. The lowest BCUT2D eigenvalue weighted by Crippen LogP contribution is -2.39. The summed E-state index contributed by atoms with van der Waals surface area (Å²) in [6.07, 6.45) is 6.93. The number of anilines is 1. The van der Waals surface area contributed by atoms with E-state index in [0.29, 0.717) is 18.7 Å². The van der Waals surface area contributed by atoms with Gasteiger partial charge in [0.05, 0.1) is 17.0 Å². The molecule has 0 spiro atoms. The lowest BCUT2D eigenvalue weighted by atomic mass is 9.86. The van der Waals surface area contributed by atoms with E-state index < -0.39 is 10.0 Å². The second-order valence-corrected chi connectivity index (χ2v) is 11.2. The van der Waals surface area contributed by atoms with Crippen LogP contribution < -0.4 is 4.90 Å². The zero-order valence-electron chi connectivity index (χ0n) is 18.2. The molecule has 2 fully saturated rings. The Labute approximate surface area is 183 Å². The van der Waals surface area contributed by atoms with Crippen LogP contribution in [-0.4, -0.2) is 66.3 Å². The van der Waals surface area contributed by atoms with Crippen LogP contribution in [0.15, 0.2) is 18.5 Å². The third-order valence-electron chi connectivity index (χ3n) is 7.20. The highest BCUT2D eigenvalue weighted by Crippen LogP contribution is 2.36. The van der Waals surface area contributed by atoms with E-state index in [0.717, 1.165) is 42.4 Å². The predicted octanol–water partition coefficient (Wildman–Crippen LogP) is 2.32. The van der Waals surface area contributed by atoms with E-state index in [1.807, 2.05) is 26.2 Å². The maximum absolute atomic E-state index is 12.9. The molecule has 1 aliphatic heterocycles. The van der Waals surface area contributed by atoms with E-state index in [2.05, 4.69) is 20.9 Å². The first-order chi connectivity index (χ1) is 14.8. The molecule has 8 nitrogen and oxygen atoms in total. The van der Waals surface area contributed by atoms with Gasteiger partial charge in [-0.3, -0.25) is 0 Å². The Kier molecular flexibility index (Phi) is 6.24. The number of aliphatic hydroxyl groups is 1. The highest BCUT2D eigenvalue weighted by Gasteiger charge is 2.38. The van der Waals surface area contributed by atoms with E-state index >= 15 is 0 Å². The number of hydrogen-bond acceptors (Lipinski definition) is 6. The summed E-state index contributed by atoms with van der Waals surface area (Å²) in [6, 6.07) is 4.47. The third kappa shape index (κ3) is 4.29. The number of hydrogen-bond donors (Lipinski definition) is 2. The number of aromatic amines is 1. The van der Waals surface area contributed by atoms with Gasteiger partial charge in [-0.1, -0.05) is 6.92 Å². The van der Waals surface area contributed by atoms with Crippen LogP contribution in [0.3, 0.4) is 0 Å². The minimum absolute atomic E-state index is 0.0404. The number of nitriles is 1. The van der Waals surface area contributed by atoms with E-state index in [4.69, 9.17) is 0 Å². The van der Waals surface area contributed by atoms with Crippen molar-refractivity contribution in [2.45, 2.75) is 38.6 Å². The van der Waals surface area contributed by atoms with Gasteiger partial charge < -0.3 is 15.0 Å². The average Bonchev–Trinajstić information content (AvgIpc) is 3.39. The van der Waals surface area contributed by atoms with Crippen LogP contribution in [0, 0.1) is 29.1 Å². The molecule has 1 aliphatic carbocycles. The minimum Gasteiger partial charge on any atom is -0.396 e. The maximum atomic E-state index is 12.9. The molecule has 168 valence electrons. The lowest BCUT2D eigenvalue weighted by Gasteiger charge is -2.36. The first kappa shape index (κ1) is 22.1. The fourth-order valence-corrected chi connectivity index (χ4v) is 7.21. The fourth-order valence-electron chi connectivity index (χ4n) is 5.19. The largest absolute Gasteiger partial charge is 0.396 e. The standard InChI is InChI=1S/C22H31N5O3S/c1-15-11-27(12-18(15)13-28)31(29,30)14-16-3-5-19(6-4-16)26(2)21-17(9-23)10-25-22-20(21)7-8-24-22/h7-8,10,15-16,18-19,28H,3-6,11-14H2,1-2H3,(H,24,25)/t15-,16-,18+,19-/m1/s1. The van der Waals surface area contributed by atoms with Crippen LogP contribution in [0.25, 0.3) is 11.0 Å². The van der Waals surface area contributed by atoms with Crippen LogP contribution in [-0.2, 0) is 10.0 Å². The molecule has 0 bridgehead atoms. The maximum Gasteiger partial charge on any atom is 0.214 e. The topological polar surface area (TPSA) is 113 Å². The molecule has 2 aromatic heterocycles. The van der Waals surface area contributed by atoms with Crippen LogP contribution in [0.5, 0.6) is 0 Å². The highest BCUT2D eigenvalue weighted by molar-refractivity contribution is 7.89. The fraction of sp³-hybridized carbons (Fsp3) is 0.636. The Balaban J connectivity index is 1.40. The van der Waals surface area contributed by atoms with Crippen molar-refractivity contribution in [2.24, 2.45) is 17.8 Å². The van der Waals surface area contributed by atoms with E-state index in [9.17, 15) is 18.8 Å². The minimum atomic E-state index is -3.30. The third-order valence-corrected chi connectivity index (χ3v) is 9.18. The van der Waals surface area contributed by atoms with Crippen LogP contribution in [0.2, 0.25) is 0 Å². The summed E-state index contributed by atoms with van der Waals surface area (Å²) in [4.78, 5) is 9.60. The smallest absolute Gasteiger partial charge is 0.214 e. The zero-order chi connectivity index (χ0) is 22.2. The van der Waals surface area contributed by atoms with Crippen LogP contribution >= 0.6 is 0 Å². The molecule has 2 N–H and O–H groups in total. The summed E-state index contributed by atoms with van der Waals surface area (Å²) in [5.74, 6) is 0.580. The van der Waals surface area contributed by atoms with E-state index in [1.165, 1.54) is 0 Å². The highest BCUT2D eigenvalue weighted by atomic mass is 32.2.